The highest BCUT2D eigenvalue weighted by atomic mass is 15.2. The van der Waals surface area contributed by atoms with Gasteiger partial charge in [0.15, 0.2) is 0 Å². The van der Waals surface area contributed by atoms with Crippen LogP contribution in [-0.4, -0.2) is 29.6 Å². The molecule has 0 spiro atoms. The van der Waals surface area contributed by atoms with Gasteiger partial charge in [0.2, 0.25) is 0 Å². The molecule has 4 heteroatoms. The number of rotatable bonds is 3. The second kappa shape index (κ2) is 4.58. The molecule has 0 aliphatic carbocycles. The lowest BCUT2D eigenvalue weighted by Gasteiger charge is -2.22. The Kier molecular flexibility index (Phi) is 3.61. The summed E-state index contributed by atoms with van der Waals surface area (Å²) in [6, 6.07) is 2.56. The number of nitrogens with two attached hydrogens (primary N) is 1. The van der Waals surface area contributed by atoms with Crippen LogP contribution in [0.3, 0.4) is 0 Å². The fraction of sp³-hybridized carbons (Fsp3) is 0.583. The van der Waals surface area contributed by atoms with Crippen molar-refractivity contribution in [3.8, 4) is 6.07 Å². The highest BCUT2D eigenvalue weighted by Gasteiger charge is 2.17. The molecular formula is C12H20N4. The molecule has 4 nitrogen and oxygen atoms in total. The van der Waals surface area contributed by atoms with Crippen LogP contribution in [0.15, 0.2) is 0 Å². The van der Waals surface area contributed by atoms with Crippen molar-refractivity contribution < 1.29 is 0 Å². The van der Waals surface area contributed by atoms with Crippen molar-refractivity contribution in [3.63, 3.8) is 0 Å². The number of nitrogen functional groups attached to an aromatic ring is 1. The summed E-state index contributed by atoms with van der Waals surface area (Å²) >= 11 is 0. The van der Waals surface area contributed by atoms with Gasteiger partial charge in [0.1, 0.15) is 11.9 Å². The third-order valence-electron chi connectivity index (χ3n) is 3.31. The van der Waals surface area contributed by atoms with Gasteiger partial charge in [-0.3, -0.25) is 0 Å². The zero-order chi connectivity index (χ0) is 12.5. The van der Waals surface area contributed by atoms with Gasteiger partial charge in [-0.2, -0.15) is 5.26 Å². The van der Waals surface area contributed by atoms with E-state index in [-0.39, 0.29) is 0 Å². The topological polar surface area (TPSA) is 58.0 Å². The summed E-state index contributed by atoms with van der Waals surface area (Å²) in [5.74, 6) is 0.589. The van der Waals surface area contributed by atoms with Crippen molar-refractivity contribution in [2.75, 3.05) is 19.8 Å². The number of hydrogen-bond acceptors (Lipinski definition) is 3. The first-order chi connectivity index (χ1) is 7.40. The van der Waals surface area contributed by atoms with Gasteiger partial charge < -0.3 is 15.2 Å². The van der Waals surface area contributed by atoms with Crippen LogP contribution in [0.25, 0.3) is 0 Å². The fourth-order valence-corrected chi connectivity index (χ4v) is 1.70. The van der Waals surface area contributed by atoms with Gasteiger partial charge in [0, 0.05) is 18.3 Å². The van der Waals surface area contributed by atoms with Crippen molar-refractivity contribution in [1.29, 1.82) is 5.26 Å². The molecule has 0 aromatic carbocycles. The number of nitrogens with zero attached hydrogens (tertiary/aromatic N) is 3. The van der Waals surface area contributed by atoms with Crippen molar-refractivity contribution in [2.45, 2.75) is 33.4 Å². The van der Waals surface area contributed by atoms with E-state index >= 15 is 0 Å². The minimum absolute atomic E-state index is 0.388. The van der Waals surface area contributed by atoms with Crippen LogP contribution in [-0.2, 0) is 6.54 Å². The molecule has 0 bridgehead atoms. The predicted octanol–water partition coefficient (Wildman–Crippen LogP) is 1.51. The van der Waals surface area contributed by atoms with Crippen molar-refractivity contribution in [1.82, 2.24) is 9.47 Å². The van der Waals surface area contributed by atoms with Crippen LogP contribution in [0.4, 0.5) is 5.82 Å². The maximum atomic E-state index is 9.03. The quantitative estimate of drug-likeness (QED) is 0.840. The third-order valence-corrected chi connectivity index (χ3v) is 3.31. The first-order valence-electron chi connectivity index (χ1n) is 5.41. The summed E-state index contributed by atoms with van der Waals surface area (Å²) in [5.41, 5.74) is 8.68. The second-order valence-corrected chi connectivity index (χ2v) is 4.51. The first-order valence-corrected chi connectivity index (χ1v) is 5.41. The molecular weight excluding hydrogens is 200 g/mol. The van der Waals surface area contributed by atoms with E-state index in [0.29, 0.717) is 17.4 Å². The minimum Gasteiger partial charge on any atom is -0.384 e. The fourth-order valence-electron chi connectivity index (χ4n) is 1.70. The largest absolute Gasteiger partial charge is 0.384 e. The summed E-state index contributed by atoms with van der Waals surface area (Å²) in [4.78, 5) is 2.14. The van der Waals surface area contributed by atoms with E-state index in [9.17, 15) is 0 Å². The van der Waals surface area contributed by atoms with E-state index in [2.05, 4.69) is 17.9 Å². The van der Waals surface area contributed by atoms with Gasteiger partial charge in [-0.15, -0.1) is 0 Å². The molecule has 0 amide bonds. The zero-order valence-corrected chi connectivity index (χ0v) is 10.7. The lowest BCUT2D eigenvalue weighted by Crippen LogP contribution is -2.30. The second-order valence-electron chi connectivity index (χ2n) is 4.51. The molecule has 2 N–H and O–H groups in total. The van der Waals surface area contributed by atoms with Crippen LogP contribution in [0.2, 0.25) is 0 Å². The molecule has 88 valence electrons. The smallest absolute Gasteiger partial charge is 0.122 e. The molecule has 1 aromatic rings. The summed E-state index contributed by atoms with van der Waals surface area (Å²) in [6.45, 7) is 6.91. The SMILES string of the molecule is Cc1c(C#N)c(N)n(CC(C)N(C)C)c1C. The molecule has 0 aliphatic heterocycles. The van der Waals surface area contributed by atoms with E-state index < -0.39 is 0 Å². The molecule has 1 aromatic heterocycles. The Hall–Kier alpha value is -1.47. The molecule has 0 saturated carbocycles. The molecule has 0 saturated heterocycles. The molecule has 0 radical (unpaired) electrons. The highest BCUT2D eigenvalue weighted by molar-refractivity contribution is 5.57. The molecule has 1 atom stereocenters. The Balaban J connectivity index is 3.12. The van der Waals surface area contributed by atoms with Crippen molar-refractivity contribution in [2.24, 2.45) is 0 Å². The van der Waals surface area contributed by atoms with E-state index in [0.717, 1.165) is 17.8 Å². The van der Waals surface area contributed by atoms with Gasteiger partial charge >= 0.3 is 0 Å². The Morgan fingerprint density at radius 3 is 2.38 bits per heavy atom. The van der Waals surface area contributed by atoms with Gasteiger partial charge in [-0.05, 0) is 40.4 Å². The van der Waals surface area contributed by atoms with Gasteiger partial charge in [-0.1, -0.05) is 0 Å². The number of likely N-dealkylation sites (N-methyl/N-ethyl adjacent to an activating group) is 1. The highest BCUT2D eigenvalue weighted by Crippen LogP contribution is 2.23. The van der Waals surface area contributed by atoms with Crippen LogP contribution in [0, 0.1) is 25.2 Å². The number of aromatic nitrogens is 1. The third kappa shape index (κ3) is 2.05. The monoisotopic (exact) mass is 220 g/mol. The Bertz CT molecular complexity index is 423. The maximum Gasteiger partial charge on any atom is 0.122 e. The van der Waals surface area contributed by atoms with E-state index in [1.165, 1.54) is 0 Å². The number of hydrogen-bond donors (Lipinski definition) is 1. The van der Waals surface area contributed by atoms with Crippen molar-refractivity contribution >= 4 is 5.82 Å². The van der Waals surface area contributed by atoms with Gasteiger partial charge in [-0.25, -0.2) is 0 Å². The Morgan fingerprint density at radius 1 is 1.44 bits per heavy atom. The average molecular weight is 220 g/mol. The van der Waals surface area contributed by atoms with Gasteiger partial charge in [0.25, 0.3) is 0 Å². The molecule has 1 unspecified atom stereocenters. The van der Waals surface area contributed by atoms with Crippen LogP contribution in [0.1, 0.15) is 23.7 Å². The van der Waals surface area contributed by atoms with Crippen LogP contribution >= 0.6 is 0 Å². The van der Waals surface area contributed by atoms with E-state index in [4.69, 9.17) is 11.0 Å². The van der Waals surface area contributed by atoms with Crippen LogP contribution in [0.5, 0.6) is 0 Å². The van der Waals surface area contributed by atoms with E-state index in [1.807, 2.05) is 32.5 Å². The summed E-state index contributed by atoms with van der Waals surface area (Å²) < 4.78 is 2.03. The predicted molar refractivity (Wildman–Crippen MR) is 66.2 cm³/mol. The Morgan fingerprint density at radius 2 is 2.00 bits per heavy atom. The molecule has 1 rings (SSSR count). The first kappa shape index (κ1) is 12.6. The minimum atomic E-state index is 0.388. The zero-order valence-electron chi connectivity index (χ0n) is 10.7. The van der Waals surface area contributed by atoms with Crippen molar-refractivity contribution in [3.05, 3.63) is 16.8 Å². The molecule has 0 fully saturated rings. The standard InChI is InChI=1S/C12H20N4/c1-8(15(4)5)7-16-10(3)9(2)11(6-13)12(16)14/h8H,7,14H2,1-5H3. The van der Waals surface area contributed by atoms with Crippen LogP contribution < -0.4 is 5.73 Å². The van der Waals surface area contributed by atoms with E-state index in [1.54, 1.807) is 0 Å². The number of nitriles is 1. The average Bonchev–Trinajstić information content (AvgIpc) is 2.42. The summed E-state index contributed by atoms with van der Waals surface area (Å²) in [6.07, 6.45) is 0. The number of anilines is 1. The Labute approximate surface area is 97.3 Å². The molecule has 16 heavy (non-hydrogen) atoms. The molecule has 0 aliphatic rings. The van der Waals surface area contributed by atoms with Gasteiger partial charge in [0.05, 0.1) is 5.56 Å². The lowest BCUT2D eigenvalue weighted by molar-refractivity contribution is 0.284. The lowest BCUT2D eigenvalue weighted by atomic mass is 10.2. The molecule has 1 heterocycles. The summed E-state index contributed by atoms with van der Waals surface area (Å²) in [7, 11) is 4.08. The summed E-state index contributed by atoms with van der Waals surface area (Å²) in [5, 5.41) is 9.03. The maximum absolute atomic E-state index is 9.03. The normalized spacial score (nSPS) is 12.8.